The summed E-state index contributed by atoms with van der Waals surface area (Å²) in [7, 11) is 4.25. The molecule has 2 atom stereocenters. The van der Waals surface area contributed by atoms with Gasteiger partial charge in [-0.25, -0.2) is 0 Å². The highest BCUT2D eigenvalue weighted by Gasteiger charge is 2.40. The average Bonchev–Trinajstić information content (AvgIpc) is 2.66. The highest BCUT2D eigenvalue weighted by molar-refractivity contribution is 7.99. The maximum atomic E-state index is 6.01. The van der Waals surface area contributed by atoms with Crippen LogP contribution in [0.3, 0.4) is 0 Å². The van der Waals surface area contributed by atoms with E-state index in [1.165, 1.54) is 30.8 Å². The van der Waals surface area contributed by atoms with Gasteiger partial charge in [-0.15, -0.1) is 0 Å². The summed E-state index contributed by atoms with van der Waals surface area (Å²) in [6, 6.07) is 0.674. The van der Waals surface area contributed by atoms with Gasteiger partial charge in [0.1, 0.15) is 0 Å². The maximum absolute atomic E-state index is 6.01. The van der Waals surface area contributed by atoms with Gasteiger partial charge >= 0.3 is 0 Å². The van der Waals surface area contributed by atoms with E-state index in [0.717, 1.165) is 19.7 Å². The highest BCUT2D eigenvalue weighted by Crippen LogP contribution is 2.38. The molecule has 16 heavy (non-hydrogen) atoms. The van der Waals surface area contributed by atoms with Crippen LogP contribution in [0.25, 0.3) is 0 Å². The molecule has 2 rings (SSSR count). The number of hydrogen-bond donors (Lipinski definition) is 1. The zero-order valence-electron chi connectivity index (χ0n) is 10.5. The maximum Gasteiger partial charge on any atom is 0.0795 e. The van der Waals surface area contributed by atoms with E-state index >= 15 is 0 Å². The van der Waals surface area contributed by atoms with Crippen molar-refractivity contribution in [3.8, 4) is 0 Å². The zero-order valence-corrected chi connectivity index (χ0v) is 11.3. The van der Waals surface area contributed by atoms with Gasteiger partial charge in [0.2, 0.25) is 0 Å². The molecular formula is C12H24N2OS. The molecule has 2 saturated heterocycles. The normalized spacial score (nSPS) is 35.1. The lowest BCUT2D eigenvalue weighted by atomic mass is 9.90. The van der Waals surface area contributed by atoms with Gasteiger partial charge < -0.3 is 15.0 Å². The molecule has 1 N–H and O–H groups in total. The number of nitrogens with one attached hydrogen (secondary N) is 1. The van der Waals surface area contributed by atoms with E-state index in [4.69, 9.17) is 4.74 Å². The number of likely N-dealkylation sites (N-methyl/N-ethyl adjacent to an activating group) is 1. The van der Waals surface area contributed by atoms with Crippen LogP contribution in [0, 0.1) is 0 Å². The number of nitrogens with zero attached hydrogens (tertiary/aromatic N) is 1. The van der Waals surface area contributed by atoms with Crippen LogP contribution in [-0.4, -0.2) is 61.8 Å². The zero-order chi connectivity index (χ0) is 11.4. The Morgan fingerprint density at radius 2 is 2.38 bits per heavy atom. The van der Waals surface area contributed by atoms with Crippen LogP contribution in [-0.2, 0) is 4.74 Å². The van der Waals surface area contributed by atoms with E-state index in [1.54, 1.807) is 0 Å². The predicted molar refractivity (Wildman–Crippen MR) is 70.2 cm³/mol. The molecule has 0 radical (unpaired) electrons. The first kappa shape index (κ1) is 12.7. The van der Waals surface area contributed by atoms with E-state index < -0.39 is 0 Å². The van der Waals surface area contributed by atoms with Crippen molar-refractivity contribution in [1.82, 2.24) is 10.2 Å². The fraction of sp³-hybridized carbons (Fsp3) is 1.00. The van der Waals surface area contributed by atoms with Crippen LogP contribution in [0.15, 0.2) is 0 Å². The predicted octanol–water partition coefficient (Wildman–Crippen LogP) is 1.19. The Morgan fingerprint density at radius 3 is 3.06 bits per heavy atom. The first-order valence-corrected chi connectivity index (χ1v) is 7.45. The SMILES string of the molecule is CN(C)CCNC1CCOC2(CCSC2)C1. The molecule has 2 fully saturated rings. The molecule has 2 heterocycles. The first-order chi connectivity index (χ1) is 7.70. The summed E-state index contributed by atoms with van der Waals surface area (Å²) in [5, 5.41) is 3.67. The molecule has 2 aliphatic heterocycles. The molecule has 0 saturated carbocycles. The summed E-state index contributed by atoms with van der Waals surface area (Å²) < 4.78 is 6.01. The second-order valence-corrected chi connectivity index (χ2v) is 6.39. The third kappa shape index (κ3) is 3.36. The smallest absolute Gasteiger partial charge is 0.0795 e. The summed E-state index contributed by atoms with van der Waals surface area (Å²) in [5.74, 6) is 2.49. The Morgan fingerprint density at radius 1 is 1.50 bits per heavy atom. The number of rotatable bonds is 4. The fourth-order valence-electron chi connectivity index (χ4n) is 2.56. The summed E-state index contributed by atoms with van der Waals surface area (Å²) in [6.45, 7) is 3.17. The third-order valence-corrected chi connectivity index (χ3v) is 4.78. The molecule has 3 nitrogen and oxygen atoms in total. The minimum absolute atomic E-state index is 0.221. The Kier molecular flexibility index (Phi) is 4.53. The lowest BCUT2D eigenvalue weighted by Gasteiger charge is -2.38. The molecule has 2 unspecified atom stereocenters. The van der Waals surface area contributed by atoms with Crippen LogP contribution in [0.5, 0.6) is 0 Å². The van der Waals surface area contributed by atoms with Gasteiger partial charge in [0.05, 0.1) is 5.60 Å². The fourth-order valence-corrected chi connectivity index (χ4v) is 3.94. The van der Waals surface area contributed by atoms with E-state index in [9.17, 15) is 0 Å². The lowest BCUT2D eigenvalue weighted by molar-refractivity contribution is -0.0701. The van der Waals surface area contributed by atoms with Crippen molar-refractivity contribution >= 4 is 11.8 Å². The Labute approximate surface area is 103 Å². The van der Waals surface area contributed by atoms with Gasteiger partial charge in [0, 0.05) is 31.5 Å². The van der Waals surface area contributed by atoms with Crippen molar-refractivity contribution in [3.05, 3.63) is 0 Å². The minimum atomic E-state index is 0.221. The second-order valence-electron chi connectivity index (χ2n) is 5.28. The summed E-state index contributed by atoms with van der Waals surface area (Å²) in [4.78, 5) is 2.23. The minimum Gasteiger partial charge on any atom is -0.374 e. The highest BCUT2D eigenvalue weighted by atomic mass is 32.2. The van der Waals surface area contributed by atoms with Crippen molar-refractivity contribution in [1.29, 1.82) is 0 Å². The summed E-state index contributed by atoms with van der Waals surface area (Å²) >= 11 is 2.05. The standard InChI is InChI=1S/C12H24N2OS/c1-14(2)6-5-13-11-3-7-15-12(9-11)4-8-16-10-12/h11,13H,3-10H2,1-2H3. The molecule has 1 spiro atoms. The van der Waals surface area contributed by atoms with Crippen LogP contribution >= 0.6 is 11.8 Å². The third-order valence-electron chi connectivity index (χ3n) is 3.55. The van der Waals surface area contributed by atoms with Crippen LogP contribution in [0.2, 0.25) is 0 Å². The van der Waals surface area contributed by atoms with Gasteiger partial charge in [-0.2, -0.15) is 11.8 Å². The van der Waals surface area contributed by atoms with E-state index in [1.807, 2.05) is 11.8 Å². The Balaban J connectivity index is 1.74. The summed E-state index contributed by atoms with van der Waals surface area (Å²) in [6.07, 6.45) is 3.65. The topological polar surface area (TPSA) is 24.5 Å². The number of thioether (sulfide) groups is 1. The number of hydrogen-bond acceptors (Lipinski definition) is 4. The molecule has 0 aliphatic carbocycles. The van der Waals surface area contributed by atoms with Gasteiger partial charge in [-0.3, -0.25) is 0 Å². The molecule has 0 aromatic carbocycles. The molecular weight excluding hydrogens is 220 g/mol. The quantitative estimate of drug-likeness (QED) is 0.803. The van der Waals surface area contributed by atoms with Crippen molar-refractivity contribution < 1.29 is 4.74 Å². The second kappa shape index (κ2) is 5.71. The van der Waals surface area contributed by atoms with Gasteiger partial charge in [-0.1, -0.05) is 0 Å². The van der Waals surface area contributed by atoms with Crippen LogP contribution in [0.4, 0.5) is 0 Å². The van der Waals surface area contributed by atoms with E-state index in [-0.39, 0.29) is 5.60 Å². The number of ether oxygens (including phenoxy) is 1. The monoisotopic (exact) mass is 244 g/mol. The molecule has 4 heteroatoms. The molecule has 94 valence electrons. The largest absolute Gasteiger partial charge is 0.374 e. The average molecular weight is 244 g/mol. The van der Waals surface area contributed by atoms with Gasteiger partial charge in [0.15, 0.2) is 0 Å². The van der Waals surface area contributed by atoms with Crippen molar-refractivity contribution in [2.75, 3.05) is 45.3 Å². The van der Waals surface area contributed by atoms with Crippen LogP contribution < -0.4 is 5.32 Å². The molecule has 0 aromatic rings. The molecule has 0 amide bonds. The van der Waals surface area contributed by atoms with E-state index in [0.29, 0.717) is 6.04 Å². The van der Waals surface area contributed by atoms with Gasteiger partial charge in [0.25, 0.3) is 0 Å². The lowest BCUT2D eigenvalue weighted by Crippen LogP contribution is -2.48. The molecule has 0 bridgehead atoms. The first-order valence-electron chi connectivity index (χ1n) is 6.30. The molecule has 0 aromatic heterocycles. The van der Waals surface area contributed by atoms with E-state index in [2.05, 4.69) is 24.3 Å². The summed E-state index contributed by atoms with van der Waals surface area (Å²) in [5.41, 5.74) is 0.221. The van der Waals surface area contributed by atoms with Crippen molar-refractivity contribution in [2.24, 2.45) is 0 Å². The van der Waals surface area contributed by atoms with Crippen molar-refractivity contribution in [3.63, 3.8) is 0 Å². The van der Waals surface area contributed by atoms with Gasteiger partial charge in [-0.05, 0) is 39.1 Å². The van der Waals surface area contributed by atoms with Crippen LogP contribution in [0.1, 0.15) is 19.3 Å². The molecule has 2 aliphatic rings. The Bertz CT molecular complexity index is 217. The Hall–Kier alpha value is 0.230. The van der Waals surface area contributed by atoms with Crippen molar-refractivity contribution in [2.45, 2.75) is 30.9 Å².